The average Bonchev–Trinajstić information content (AvgIpc) is 3.49. The molecule has 1 aliphatic heterocycles. The van der Waals surface area contributed by atoms with Crippen molar-refractivity contribution >= 4 is 39.3 Å². The van der Waals surface area contributed by atoms with E-state index in [0.29, 0.717) is 42.3 Å². The summed E-state index contributed by atoms with van der Waals surface area (Å²) >= 11 is 1.43. The quantitative estimate of drug-likeness (QED) is 0.430. The summed E-state index contributed by atoms with van der Waals surface area (Å²) in [5.41, 5.74) is 3.90. The molecule has 35 heavy (non-hydrogen) atoms. The number of pyridine rings is 1. The van der Waals surface area contributed by atoms with E-state index in [1.54, 1.807) is 6.20 Å². The van der Waals surface area contributed by atoms with Crippen LogP contribution in [0.5, 0.6) is 0 Å². The first-order valence-corrected chi connectivity index (χ1v) is 12.7. The van der Waals surface area contributed by atoms with Crippen LogP contribution < -0.4 is 5.32 Å². The van der Waals surface area contributed by atoms with Crippen molar-refractivity contribution in [2.45, 2.75) is 39.7 Å². The predicted molar refractivity (Wildman–Crippen MR) is 137 cm³/mol. The average molecular weight is 489 g/mol. The second kappa shape index (κ2) is 9.58. The molecule has 8 nitrogen and oxygen atoms in total. The fraction of sp³-hybridized carbons (Fsp3) is 0.346. The molecule has 0 spiro atoms. The van der Waals surface area contributed by atoms with Crippen LogP contribution in [0.3, 0.4) is 0 Å². The van der Waals surface area contributed by atoms with E-state index in [9.17, 15) is 9.59 Å². The van der Waals surface area contributed by atoms with Crippen molar-refractivity contribution in [3.63, 3.8) is 0 Å². The number of fused-ring (bicyclic) bond motifs is 1. The standard InChI is InChI=1S/C26H28N6O2S/c1-16(2)32-23-21(14-27-32)20(13-22(29-23)18-7-5-4-6-8-18)25(34)31-11-9-19(10-12-31)24(33)30-26-28-17(3)15-35-26/h4-8,13-16,19H,9-12H2,1-3H3,(H,28,30,33). The van der Waals surface area contributed by atoms with Gasteiger partial charge >= 0.3 is 0 Å². The second-order valence-electron chi connectivity index (χ2n) is 9.19. The highest BCUT2D eigenvalue weighted by atomic mass is 32.1. The summed E-state index contributed by atoms with van der Waals surface area (Å²) in [4.78, 5) is 37.4. The molecule has 0 aliphatic carbocycles. The number of aromatic nitrogens is 4. The van der Waals surface area contributed by atoms with Crippen LogP contribution >= 0.6 is 11.3 Å². The minimum absolute atomic E-state index is 0.0256. The van der Waals surface area contributed by atoms with E-state index in [0.717, 1.165) is 22.3 Å². The third kappa shape index (κ3) is 4.68. The third-order valence-electron chi connectivity index (χ3n) is 6.36. The van der Waals surface area contributed by atoms with Crippen LogP contribution in [0, 0.1) is 12.8 Å². The fourth-order valence-corrected chi connectivity index (χ4v) is 5.15. The van der Waals surface area contributed by atoms with Gasteiger partial charge in [0.15, 0.2) is 10.8 Å². The number of thiazole rings is 1. The van der Waals surface area contributed by atoms with Crippen molar-refractivity contribution in [3.05, 3.63) is 59.2 Å². The zero-order chi connectivity index (χ0) is 24.5. The third-order valence-corrected chi connectivity index (χ3v) is 7.23. The molecular weight excluding hydrogens is 460 g/mol. The molecule has 3 aromatic heterocycles. The summed E-state index contributed by atoms with van der Waals surface area (Å²) in [6.07, 6.45) is 2.97. The van der Waals surface area contributed by atoms with Crippen molar-refractivity contribution in [3.8, 4) is 11.3 Å². The zero-order valence-electron chi connectivity index (χ0n) is 20.1. The van der Waals surface area contributed by atoms with Gasteiger partial charge in [-0.25, -0.2) is 14.6 Å². The molecule has 1 aromatic carbocycles. The van der Waals surface area contributed by atoms with Gasteiger partial charge in [-0.05, 0) is 39.7 Å². The van der Waals surface area contributed by atoms with Gasteiger partial charge in [-0.2, -0.15) is 5.10 Å². The zero-order valence-corrected chi connectivity index (χ0v) is 20.9. The number of aryl methyl sites for hydroxylation is 1. The lowest BCUT2D eigenvalue weighted by molar-refractivity contribution is -0.121. The summed E-state index contributed by atoms with van der Waals surface area (Å²) in [6.45, 7) is 7.05. The van der Waals surface area contributed by atoms with E-state index >= 15 is 0 Å². The number of amides is 2. The molecular formula is C26H28N6O2S. The lowest BCUT2D eigenvalue weighted by Crippen LogP contribution is -2.41. The summed E-state index contributed by atoms with van der Waals surface area (Å²) in [7, 11) is 0. The fourth-order valence-electron chi connectivity index (χ4n) is 4.46. The molecule has 5 rings (SSSR count). The number of hydrogen-bond donors (Lipinski definition) is 1. The number of piperidine rings is 1. The first-order valence-electron chi connectivity index (χ1n) is 11.9. The summed E-state index contributed by atoms with van der Waals surface area (Å²) in [6, 6.07) is 11.9. The highest BCUT2D eigenvalue weighted by Crippen LogP contribution is 2.29. The Morgan fingerprint density at radius 3 is 2.51 bits per heavy atom. The Balaban J connectivity index is 1.38. The minimum Gasteiger partial charge on any atom is -0.339 e. The second-order valence-corrected chi connectivity index (χ2v) is 10.0. The van der Waals surface area contributed by atoms with Crippen LogP contribution in [0.15, 0.2) is 48.0 Å². The van der Waals surface area contributed by atoms with E-state index < -0.39 is 0 Å². The number of carbonyl (C=O) groups excluding carboxylic acids is 2. The molecule has 0 unspecified atom stereocenters. The number of carbonyl (C=O) groups is 2. The smallest absolute Gasteiger partial charge is 0.254 e. The molecule has 2 amide bonds. The Morgan fingerprint density at radius 2 is 1.86 bits per heavy atom. The number of likely N-dealkylation sites (tertiary alicyclic amines) is 1. The Hall–Kier alpha value is -3.59. The predicted octanol–water partition coefficient (Wildman–Crippen LogP) is 4.94. The van der Waals surface area contributed by atoms with E-state index in [1.807, 2.05) is 72.1 Å². The van der Waals surface area contributed by atoms with Gasteiger partial charge in [0.05, 0.1) is 28.5 Å². The van der Waals surface area contributed by atoms with Crippen molar-refractivity contribution in [2.24, 2.45) is 5.92 Å². The molecule has 1 saturated heterocycles. The highest BCUT2D eigenvalue weighted by Gasteiger charge is 2.30. The molecule has 0 saturated carbocycles. The van der Waals surface area contributed by atoms with E-state index in [1.165, 1.54) is 11.3 Å². The Labute approximate surface area is 208 Å². The Bertz CT molecular complexity index is 1370. The normalized spacial score (nSPS) is 14.6. The molecule has 1 N–H and O–H groups in total. The van der Waals surface area contributed by atoms with Crippen molar-refractivity contribution in [1.29, 1.82) is 0 Å². The molecule has 0 bridgehead atoms. The molecule has 1 fully saturated rings. The van der Waals surface area contributed by atoms with Gasteiger partial charge < -0.3 is 10.2 Å². The Kier molecular flexibility index (Phi) is 6.34. The van der Waals surface area contributed by atoms with Gasteiger partial charge in [0.1, 0.15) is 0 Å². The maximum Gasteiger partial charge on any atom is 0.254 e. The first kappa shape index (κ1) is 23.2. The number of nitrogens with zero attached hydrogens (tertiary/aromatic N) is 5. The molecule has 9 heteroatoms. The maximum atomic E-state index is 13.7. The number of hydrogen-bond acceptors (Lipinski definition) is 6. The SMILES string of the molecule is Cc1csc(NC(=O)C2CCN(C(=O)c3cc(-c4ccccc4)nc4c3cnn4C(C)C)CC2)n1. The van der Waals surface area contributed by atoms with Crippen LogP contribution in [-0.2, 0) is 4.79 Å². The van der Waals surface area contributed by atoms with Gasteiger partial charge in [-0.3, -0.25) is 9.59 Å². The van der Waals surface area contributed by atoms with E-state index in [4.69, 9.17) is 4.98 Å². The van der Waals surface area contributed by atoms with Crippen LogP contribution in [-0.4, -0.2) is 49.6 Å². The number of nitrogens with one attached hydrogen (secondary N) is 1. The largest absolute Gasteiger partial charge is 0.339 e. The molecule has 4 aromatic rings. The topological polar surface area (TPSA) is 93.0 Å². The first-order chi connectivity index (χ1) is 16.9. The van der Waals surface area contributed by atoms with Crippen LogP contribution in [0.1, 0.15) is 48.8 Å². The van der Waals surface area contributed by atoms with Gasteiger partial charge in [-0.15, -0.1) is 11.3 Å². The molecule has 1 aliphatic rings. The number of anilines is 1. The highest BCUT2D eigenvalue weighted by molar-refractivity contribution is 7.13. The molecule has 0 atom stereocenters. The van der Waals surface area contributed by atoms with Gasteiger partial charge in [0.25, 0.3) is 5.91 Å². The van der Waals surface area contributed by atoms with Crippen LogP contribution in [0.25, 0.3) is 22.3 Å². The van der Waals surface area contributed by atoms with Crippen molar-refractivity contribution in [1.82, 2.24) is 24.6 Å². The summed E-state index contributed by atoms with van der Waals surface area (Å²) in [5.74, 6) is -0.209. The van der Waals surface area contributed by atoms with Crippen LogP contribution in [0.4, 0.5) is 5.13 Å². The lowest BCUT2D eigenvalue weighted by atomic mass is 9.95. The van der Waals surface area contributed by atoms with Gasteiger partial charge in [0, 0.05) is 36.0 Å². The van der Waals surface area contributed by atoms with Gasteiger partial charge in [0.2, 0.25) is 5.91 Å². The molecule has 4 heterocycles. The van der Waals surface area contributed by atoms with Gasteiger partial charge in [-0.1, -0.05) is 30.3 Å². The summed E-state index contributed by atoms with van der Waals surface area (Å²) < 4.78 is 1.86. The van der Waals surface area contributed by atoms with E-state index in [-0.39, 0.29) is 23.8 Å². The Morgan fingerprint density at radius 1 is 1.11 bits per heavy atom. The monoisotopic (exact) mass is 488 g/mol. The maximum absolute atomic E-state index is 13.7. The molecule has 180 valence electrons. The van der Waals surface area contributed by atoms with E-state index in [2.05, 4.69) is 15.4 Å². The van der Waals surface area contributed by atoms with Crippen LogP contribution in [0.2, 0.25) is 0 Å². The summed E-state index contributed by atoms with van der Waals surface area (Å²) in [5, 5.41) is 10.7. The number of benzene rings is 1. The van der Waals surface area contributed by atoms with Crippen molar-refractivity contribution in [2.75, 3.05) is 18.4 Å². The lowest BCUT2D eigenvalue weighted by Gasteiger charge is -2.31. The minimum atomic E-state index is -0.135. The van der Waals surface area contributed by atoms with Crippen molar-refractivity contribution < 1.29 is 9.59 Å². The molecule has 0 radical (unpaired) electrons. The number of rotatable bonds is 5.